The maximum Gasteiger partial charge on any atom is 0.419 e. The molecular weight excluding hydrogens is 357 g/mol. The maximum absolute atomic E-state index is 13.8. The zero-order valence-electron chi connectivity index (χ0n) is 15.9. The number of benzene rings is 2. The van der Waals surface area contributed by atoms with Crippen LogP contribution in [0.1, 0.15) is 20.8 Å². The highest BCUT2D eigenvalue weighted by molar-refractivity contribution is 5.97. The molecule has 0 aliphatic heterocycles. The van der Waals surface area contributed by atoms with E-state index in [9.17, 15) is 9.18 Å². The van der Waals surface area contributed by atoms with E-state index in [1.807, 2.05) is 24.3 Å². The number of halogens is 1. The fourth-order valence-corrected chi connectivity index (χ4v) is 3.19. The summed E-state index contributed by atoms with van der Waals surface area (Å²) in [6.07, 6.45) is -0.549. The van der Waals surface area contributed by atoms with Crippen molar-refractivity contribution < 1.29 is 13.9 Å². The van der Waals surface area contributed by atoms with Crippen molar-refractivity contribution in [3.05, 3.63) is 60.4 Å². The molecule has 4 rings (SSSR count). The molecule has 0 atom stereocenters. The van der Waals surface area contributed by atoms with Gasteiger partial charge < -0.3 is 10.5 Å². The molecule has 142 valence electrons. The lowest BCUT2D eigenvalue weighted by molar-refractivity contribution is 0.0547. The van der Waals surface area contributed by atoms with Crippen LogP contribution in [0.2, 0.25) is 0 Å². The number of aromatic nitrogens is 2. The van der Waals surface area contributed by atoms with Gasteiger partial charge >= 0.3 is 6.09 Å². The van der Waals surface area contributed by atoms with Crippen molar-refractivity contribution in [2.75, 3.05) is 5.73 Å². The zero-order chi connectivity index (χ0) is 20.1. The number of carbonyl (C=O) groups excluding carboxylic acids is 1. The Balaban J connectivity index is 1.97. The molecule has 2 aromatic heterocycles. The van der Waals surface area contributed by atoms with Gasteiger partial charge in [-0.3, -0.25) is 0 Å². The van der Waals surface area contributed by atoms with Gasteiger partial charge in [0.05, 0.1) is 28.1 Å². The van der Waals surface area contributed by atoms with Crippen molar-refractivity contribution in [2.45, 2.75) is 26.4 Å². The lowest BCUT2D eigenvalue weighted by atomic mass is 10.1. The smallest absolute Gasteiger partial charge is 0.419 e. The zero-order valence-corrected chi connectivity index (χ0v) is 15.9. The molecule has 5 nitrogen and oxygen atoms in total. The first-order valence-corrected chi connectivity index (χ1v) is 8.93. The summed E-state index contributed by atoms with van der Waals surface area (Å²) in [5.74, 6) is -0.379. The van der Waals surface area contributed by atoms with Crippen LogP contribution in [0.4, 0.5) is 14.9 Å². The third kappa shape index (κ3) is 3.17. The van der Waals surface area contributed by atoms with Crippen LogP contribution in [-0.2, 0) is 4.74 Å². The van der Waals surface area contributed by atoms with E-state index in [-0.39, 0.29) is 5.82 Å². The van der Waals surface area contributed by atoms with E-state index >= 15 is 0 Å². The summed E-state index contributed by atoms with van der Waals surface area (Å²) in [6, 6.07) is 15.3. The third-order valence-electron chi connectivity index (χ3n) is 4.35. The molecule has 0 aliphatic rings. The number of nitrogens with two attached hydrogens (primary N) is 1. The molecule has 0 saturated carbocycles. The number of fused-ring (bicyclic) bond motifs is 2. The first kappa shape index (κ1) is 18.0. The molecule has 2 N–H and O–H groups in total. The summed E-state index contributed by atoms with van der Waals surface area (Å²) in [7, 11) is 0. The minimum absolute atomic E-state index is 0.379. The van der Waals surface area contributed by atoms with Gasteiger partial charge in [-0.25, -0.2) is 18.7 Å². The van der Waals surface area contributed by atoms with Crippen molar-refractivity contribution in [3.63, 3.8) is 0 Å². The van der Waals surface area contributed by atoms with Crippen LogP contribution in [0.3, 0.4) is 0 Å². The molecule has 6 heteroatoms. The van der Waals surface area contributed by atoms with Crippen LogP contribution < -0.4 is 5.73 Å². The van der Waals surface area contributed by atoms with Gasteiger partial charge in [-0.05, 0) is 57.2 Å². The van der Waals surface area contributed by atoms with Gasteiger partial charge in [-0.15, -0.1) is 0 Å². The molecule has 2 heterocycles. The maximum atomic E-state index is 13.8. The summed E-state index contributed by atoms with van der Waals surface area (Å²) in [5.41, 5.74) is 8.20. The molecule has 0 bridgehead atoms. The minimum atomic E-state index is -0.674. The fraction of sp³-hybridized carbons (Fsp3) is 0.182. The normalized spacial score (nSPS) is 11.9. The molecule has 0 saturated heterocycles. The van der Waals surface area contributed by atoms with Crippen molar-refractivity contribution >= 4 is 33.6 Å². The number of nitrogen functional groups attached to an aromatic ring is 1. The van der Waals surface area contributed by atoms with E-state index in [1.165, 1.54) is 16.7 Å². The predicted molar refractivity (Wildman–Crippen MR) is 109 cm³/mol. The lowest BCUT2D eigenvalue weighted by Crippen LogP contribution is -2.27. The van der Waals surface area contributed by atoms with Gasteiger partial charge in [-0.1, -0.05) is 18.2 Å². The molecule has 4 aromatic rings. The van der Waals surface area contributed by atoms with E-state index < -0.39 is 11.7 Å². The Morgan fingerprint density at radius 3 is 2.61 bits per heavy atom. The number of para-hydroxylation sites is 1. The van der Waals surface area contributed by atoms with E-state index in [4.69, 9.17) is 10.5 Å². The Hall–Kier alpha value is -3.41. The second-order valence-electron chi connectivity index (χ2n) is 7.66. The molecule has 28 heavy (non-hydrogen) atoms. The van der Waals surface area contributed by atoms with Gasteiger partial charge in [0.25, 0.3) is 0 Å². The van der Waals surface area contributed by atoms with Gasteiger partial charge in [0.15, 0.2) is 0 Å². The Morgan fingerprint density at radius 1 is 1.07 bits per heavy atom. The van der Waals surface area contributed by atoms with Gasteiger partial charge in [0, 0.05) is 10.8 Å². The highest BCUT2D eigenvalue weighted by Gasteiger charge is 2.23. The Kier molecular flexibility index (Phi) is 4.07. The van der Waals surface area contributed by atoms with Crippen LogP contribution >= 0.6 is 0 Å². The number of carbonyl (C=O) groups is 1. The second-order valence-corrected chi connectivity index (χ2v) is 7.66. The Morgan fingerprint density at radius 2 is 1.86 bits per heavy atom. The summed E-state index contributed by atoms with van der Waals surface area (Å²) < 4.78 is 20.8. The van der Waals surface area contributed by atoms with E-state index in [0.29, 0.717) is 33.5 Å². The molecule has 0 unspecified atom stereocenters. The van der Waals surface area contributed by atoms with Crippen LogP contribution in [-0.4, -0.2) is 21.2 Å². The Labute approximate surface area is 161 Å². The SMILES string of the molecule is CC(C)(C)OC(=O)n1c(-c2ccc3cccc(N)c3n2)cc2cc(F)ccc21. The highest BCUT2D eigenvalue weighted by atomic mass is 19.1. The van der Waals surface area contributed by atoms with Gasteiger partial charge in [-0.2, -0.15) is 0 Å². The molecule has 2 aromatic carbocycles. The van der Waals surface area contributed by atoms with Crippen molar-refractivity contribution in [2.24, 2.45) is 0 Å². The largest absolute Gasteiger partial charge is 0.443 e. The summed E-state index contributed by atoms with van der Waals surface area (Å²) in [6.45, 7) is 5.39. The van der Waals surface area contributed by atoms with Crippen molar-refractivity contribution in [3.8, 4) is 11.4 Å². The van der Waals surface area contributed by atoms with Crippen molar-refractivity contribution in [1.29, 1.82) is 0 Å². The number of hydrogen-bond acceptors (Lipinski definition) is 4. The third-order valence-corrected chi connectivity index (χ3v) is 4.35. The standard InChI is InChI=1S/C22H20FN3O2/c1-22(2,3)28-21(27)26-18-10-8-15(23)11-14(18)12-19(26)17-9-7-13-5-4-6-16(24)20(13)25-17/h4-12H,24H2,1-3H3. The molecule has 0 spiro atoms. The number of hydrogen-bond donors (Lipinski definition) is 1. The Bertz CT molecular complexity index is 1220. The first-order valence-electron chi connectivity index (χ1n) is 8.93. The monoisotopic (exact) mass is 377 g/mol. The van der Waals surface area contributed by atoms with Gasteiger partial charge in [0.1, 0.15) is 11.4 Å². The second kappa shape index (κ2) is 6.34. The number of pyridine rings is 1. The van der Waals surface area contributed by atoms with Gasteiger partial charge in [0.2, 0.25) is 0 Å². The summed E-state index contributed by atoms with van der Waals surface area (Å²) >= 11 is 0. The number of anilines is 1. The average Bonchev–Trinajstić information content (AvgIpc) is 2.99. The topological polar surface area (TPSA) is 70.1 Å². The van der Waals surface area contributed by atoms with Crippen LogP contribution in [0.5, 0.6) is 0 Å². The van der Waals surface area contributed by atoms with E-state index in [1.54, 1.807) is 39.0 Å². The quantitative estimate of drug-likeness (QED) is 0.453. The first-order chi connectivity index (χ1) is 13.2. The van der Waals surface area contributed by atoms with Crippen LogP contribution in [0.25, 0.3) is 33.2 Å². The number of rotatable bonds is 1. The predicted octanol–water partition coefficient (Wildman–Crippen LogP) is 5.36. The molecule has 0 aliphatic carbocycles. The average molecular weight is 377 g/mol. The molecular formula is C22H20FN3O2. The molecule has 0 radical (unpaired) electrons. The van der Waals surface area contributed by atoms with Crippen LogP contribution in [0, 0.1) is 5.82 Å². The molecule has 0 fully saturated rings. The summed E-state index contributed by atoms with van der Waals surface area (Å²) in [5, 5.41) is 1.48. The van der Waals surface area contributed by atoms with Crippen molar-refractivity contribution in [1.82, 2.24) is 9.55 Å². The lowest BCUT2D eigenvalue weighted by Gasteiger charge is -2.21. The summed E-state index contributed by atoms with van der Waals surface area (Å²) in [4.78, 5) is 17.6. The minimum Gasteiger partial charge on any atom is -0.443 e. The molecule has 0 amide bonds. The highest BCUT2D eigenvalue weighted by Crippen LogP contribution is 2.31. The van der Waals surface area contributed by atoms with Crippen LogP contribution in [0.15, 0.2) is 54.6 Å². The fourth-order valence-electron chi connectivity index (χ4n) is 3.19. The number of ether oxygens (including phenoxy) is 1. The van der Waals surface area contributed by atoms with E-state index in [2.05, 4.69) is 4.98 Å². The number of nitrogens with zero attached hydrogens (tertiary/aromatic N) is 2. The van der Waals surface area contributed by atoms with E-state index in [0.717, 1.165) is 5.39 Å².